The molecule has 9 heteroatoms. The van der Waals surface area contributed by atoms with E-state index in [0.29, 0.717) is 33.4 Å². The van der Waals surface area contributed by atoms with Crippen molar-refractivity contribution in [2.45, 2.75) is 13.0 Å². The summed E-state index contributed by atoms with van der Waals surface area (Å²) in [4.78, 5) is 23.4. The van der Waals surface area contributed by atoms with E-state index < -0.39 is 11.0 Å². The number of carbonyl (C=O) groups excluding carboxylic acids is 1. The maximum absolute atomic E-state index is 13.0. The lowest BCUT2D eigenvalue weighted by atomic mass is 9.94. The fourth-order valence-electron chi connectivity index (χ4n) is 2.93. The number of anilines is 1. The molecule has 0 radical (unpaired) electrons. The first-order valence-electron chi connectivity index (χ1n) is 8.37. The third kappa shape index (κ3) is 4.09. The van der Waals surface area contributed by atoms with Gasteiger partial charge < -0.3 is 20.7 Å². The van der Waals surface area contributed by atoms with E-state index in [4.69, 9.17) is 17.0 Å². The van der Waals surface area contributed by atoms with Gasteiger partial charge in [0.25, 0.3) is 11.6 Å². The summed E-state index contributed by atoms with van der Waals surface area (Å²) in [7, 11) is 1.55. The molecule has 1 aliphatic rings. The van der Waals surface area contributed by atoms with E-state index >= 15 is 0 Å². The van der Waals surface area contributed by atoms with Crippen molar-refractivity contribution >= 4 is 34.6 Å². The molecule has 1 heterocycles. The van der Waals surface area contributed by atoms with Gasteiger partial charge in [-0.3, -0.25) is 14.9 Å². The van der Waals surface area contributed by atoms with Gasteiger partial charge in [0.05, 0.1) is 23.6 Å². The van der Waals surface area contributed by atoms with Gasteiger partial charge in [-0.25, -0.2) is 0 Å². The zero-order valence-electron chi connectivity index (χ0n) is 15.2. The molecule has 0 saturated carbocycles. The van der Waals surface area contributed by atoms with Crippen molar-refractivity contribution in [2.24, 2.45) is 0 Å². The van der Waals surface area contributed by atoms with Crippen molar-refractivity contribution in [1.82, 2.24) is 10.6 Å². The van der Waals surface area contributed by atoms with Crippen LogP contribution in [-0.2, 0) is 4.79 Å². The largest absolute Gasteiger partial charge is 0.497 e. The van der Waals surface area contributed by atoms with Crippen LogP contribution < -0.4 is 20.7 Å². The third-order valence-electron chi connectivity index (χ3n) is 4.28. The number of amides is 1. The SMILES string of the molecule is COc1cccc(NC(=O)C2=C(C)NC(=S)N[C@@H]2c2ccc([N+](=O)[O-])cc2)c1. The summed E-state index contributed by atoms with van der Waals surface area (Å²) < 4.78 is 5.18. The van der Waals surface area contributed by atoms with Gasteiger partial charge >= 0.3 is 0 Å². The molecular weight excluding hydrogens is 380 g/mol. The summed E-state index contributed by atoms with van der Waals surface area (Å²) in [5.41, 5.74) is 2.28. The number of nitro benzene ring substituents is 1. The van der Waals surface area contributed by atoms with Crippen molar-refractivity contribution in [3.8, 4) is 5.75 Å². The lowest BCUT2D eigenvalue weighted by Crippen LogP contribution is -2.45. The van der Waals surface area contributed by atoms with E-state index in [2.05, 4.69) is 16.0 Å². The summed E-state index contributed by atoms with van der Waals surface area (Å²) in [6, 6.07) is 12.5. The number of ether oxygens (including phenoxy) is 1. The highest BCUT2D eigenvalue weighted by Gasteiger charge is 2.30. The van der Waals surface area contributed by atoms with E-state index in [1.54, 1.807) is 50.4 Å². The van der Waals surface area contributed by atoms with E-state index in [9.17, 15) is 14.9 Å². The number of methoxy groups -OCH3 is 1. The minimum atomic E-state index is -0.542. The molecule has 8 nitrogen and oxygen atoms in total. The van der Waals surface area contributed by atoms with Gasteiger partial charge in [-0.05, 0) is 49.0 Å². The minimum absolute atomic E-state index is 0.0247. The molecule has 2 aromatic carbocycles. The first-order chi connectivity index (χ1) is 13.4. The summed E-state index contributed by atoms with van der Waals surface area (Å²) in [5, 5.41) is 20.1. The van der Waals surface area contributed by atoms with Gasteiger partial charge in [0.1, 0.15) is 5.75 Å². The number of nitro groups is 1. The fourth-order valence-corrected chi connectivity index (χ4v) is 3.20. The van der Waals surface area contributed by atoms with Gasteiger partial charge in [-0.15, -0.1) is 0 Å². The summed E-state index contributed by atoms with van der Waals surface area (Å²) >= 11 is 5.22. The van der Waals surface area contributed by atoms with E-state index in [1.807, 2.05) is 0 Å². The average molecular weight is 398 g/mol. The van der Waals surface area contributed by atoms with Crippen LogP contribution >= 0.6 is 12.2 Å². The Morgan fingerprint density at radius 1 is 1.25 bits per heavy atom. The van der Waals surface area contributed by atoms with Crippen LogP contribution in [0.25, 0.3) is 0 Å². The highest BCUT2D eigenvalue weighted by atomic mass is 32.1. The minimum Gasteiger partial charge on any atom is -0.497 e. The van der Waals surface area contributed by atoms with Crippen LogP contribution in [0.15, 0.2) is 59.8 Å². The number of thiocarbonyl (C=S) groups is 1. The van der Waals surface area contributed by atoms with Crippen molar-refractivity contribution in [1.29, 1.82) is 0 Å². The lowest BCUT2D eigenvalue weighted by molar-refractivity contribution is -0.384. The molecule has 28 heavy (non-hydrogen) atoms. The molecule has 0 aromatic heterocycles. The number of nitrogens with zero attached hydrogens (tertiary/aromatic N) is 1. The van der Waals surface area contributed by atoms with Gasteiger partial charge in [0.15, 0.2) is 5.11 Å². The van der Waals surface area contributed by atoms with Crippen molar-refractivity contribution in [3.63, 3.8) is 0 Å². The molecule has 0 aliphatic carbocycles. The molecule has 1 amide bonds. The molecule has 0 bridgehead atoms. The Kier molecular flexibility index (Phi) is 5.55. The predicted octanol–water partition coefficient (Wildman–Crippen LogP) is 3.03. The van der Waals surface area contributed by atoms with Crippen LogP contribution in [0.4, 0.5) is 11.4 Å². The summed E-state index contributed by atoms with van der Waals surface area (Å²) in [5.74, 6) is 0.299. The molecule has 3 rings (SSSR count). The highest BCUT2D eigenvalue weighted by molar-refractivity contribution is 7.80. The number of hydrogen-bond donors (Lipinski definition) is 3. The third-order valence-corrected chi connectivity index (χ3v) is 4.50. The van der Waals surface area contributed by atoms with E-state index in [-0.39, 0.29) is 11.6 Å². The van der Waals surface area contributed by atoms with Crippen molar-refractivity contribution in [2.75, 3.05) is 12.4 Å². The monoisotopic (exact) mass is 398 g/mol. The van der Waals surface area contributed by atoms with Gasteiger partial charge in [0.2, 0.25) is 0 Å². The smallest absolute Gasteiger partial charge is 0.269 e. The van der Waals surface area contributed by atoms with Gasteiger partial charge in [-0.2, -0.15) is 0 Å². The normalized spacial score (nSPS) is 16.1. The maximum atomic E-state index is 13.0. The zero-order chi connectivity index (χ0) is 20.3. The summed E-state index contributed by atoms with van der Waals surface area (Å²) in [6.45, 7) is 1.76. The van der Waals surface area contributed by atoms with Gasteiger partial charge in [0, 0.05) is 29.6 Å². The second kappa shape index (κ2) is 8.05. The fraction of sp³-hybridized carbons (Fsp3) is 0.158. The molecule has 144 valence electrons. The van der Waals surface area contributed by atoms with Crippen LogP contribution in [0, 0.1) is 10.1 Å². The molecule has 1 atom stereocenters. The summed E-state index contributed by atoms with van der Waals surface area (Å²) in [6.07, 6.45) is 0. The predicted molar refractivity (Wildman–Crippen MR) is 109 cm³/mol. The second-order valence-corrected chi connectivity index (χ2v) is 6.51. The Morgan fingerprint density at radius 3 is 2.61 bits per heavy atom. The molecule has 0 fully saturated rings. The molecule has 1 aliphatic heterocycles. The number of carbonyl (C=O) groups is 1. The quantitative estimate of drug-likeness (QED) is 0.404. The Hall–Kier alpha value is -3.46. The number of hydrogen-bond acceptors (Lipinski definition) is 5. The van der Waals surface area contributed by atoms with Crippen LogP contribution in [0.3, 0.4) is 0 Å². The number of rotatable bonds is 5. The first kappa shape index (κ1) is 19.3. The Bertz CT molecular complexity index is 972. The number of allylic oxidation sites excluding steroid dienone is 1. The number of non-ortho nitro benzene ring substituents is 1. The van der Waals surface area contributed by atoms with Crippen LogP contribution in [0.5, 0.6) is 5.75 Å². The molecule has 0 unspecified atom stereocenters. The van der Waals surface area contributed by atoms with Crippen molar-refractivity contribution in [3.05, 3.63) is 75.5 Å². The highest BCUT2D eigenvalue weighted by Crippen LogP contribution is 2.29. The van der Waals surface area contributed by atoms with Gasteiger partial charge in [-0.1, -0.05) is 6.07 Å². The molecule has 0 saturated heterocycles. The zero-order valence-corrected chi connectivity index (χ0v) is 16.0. The first-order valence-corrected chi connectivity index (χ1v) is 8.78. The van der Waals surface area contributed by atoms with E-state index in [1.165, 1.54) is 12.1 Å². The second-order valence-electron chi connectivity index (χ2n) is 6.10. The standard InChI is InChI=1S/C19H18N4O4S/c1-11-16(18(24)21-13-4-3-5-15(10-13)27-2)17(22-19(28)20-11)12-6-8-14(9-7-12)23(25)26/h3-10,17H,1-2H3,(H,21,24)(H2,20,22,28)/t17-/m1/s1. The Balaban J connectivity index is 1.92. The molecule has 2 aromatic rings. The maximum Gasteiger partial charge on any atom is 0.269 e. The Morgan fingerprint density at radius 2 is 1.96 bits per heavy atom. The van der Waals surface area contributed by atoms with Crippen LogP contribution in [-0.4, -0.2) is 23.1 Å². The number of nitrogens with one attached hydrogen (secondary N) is 3. The van der Waals surface area contributed by atoms with E-state index in [0.717, 1.165) is 0 Å². The number of benzene rings is 2. The van der Waals surface area contributed by atoms with Crippen molar-refractivity contribution < 1.29 is 14.5 Å². The topological polar surface area (TPSA) is 106 Å². The molecule has 3 N–H and O–H groups in total. The average Bonchev–Trinajstić information content (AvgIpc) is 2.67. The lowest BCUT2D eigenvalue weighted by Gasteiger charge is -2.30. The van der Waals surface area contributed by atoms with Crippen LogP contribution in [0.1, 0.15) is 18.5 Å². The van der Waals surface area contributed by atoms with Crippen LogP contribution in [0.2, 0.25) is 0 Å². The molecule has 0 spiro atoms. The molecular formula is C19H18N4O4S. The Labute approximate surface area is 166 Å².